The molecule has 5 aliphatic rings. The molecule has 7 nitrogen and oxygen atoms in total. The standard InChI is InChI=1S/C27H35N3O4/c1-18-5-8-23(25(31)28-18)30-16-19-15-20(6-7-21(19)26(30)32)34-24-4-2-3-22(24)29-12-9-27(17-29)10-13-33-14-11-27/h6-7,15,22-24H,1-5,8-14,16-17H2,(H,28,31)/t22-,23?,24-/m0/s1. The highest BCUT2D eigenvalue weighted by Crippen LogP contribution is 2.43. The molecule has 3 atom stereocenters. The summed E-state index contributed by atoms with van der Waals surface area (Å²) in [6.07, 6.45) is 8.63. The Kier molecular flexibility index (Phi) is 5.65. The number of carbonyl (C=O) groups excluding carboxylic acids is 2. The molecule has 4 heterocycles. The predicted molar refractivity (Wildman–Crippen MR) is 127 cm³/mol. The maximum Gasteiger partial charge on any atom is 0.255 e. The maximum absolute atomic E-state index is 13.0. The summed E-state index contributed by atoms with van der Waals surface area (Å²) in [4.78, 5) is 29.9. The molecule has 1 unspecified atom stereocenters. The van der Waals surface area contributed by atoms with Gasteiger partial charge in [0, 0.05) is 43.6 Å². The first-order valence-corrected chi connectivity index (χ1v) is 12.9. The van der Waals surface area contributed by atoms with Crippen molar-refractivity contribution in [3.05, 3.63) is 41.6 Å². The third-order valence-electron chi connectivity index (χ3n) is 8.80. The first-order chi connectivity index (χ1) is 16.5. The normalized spacial score (nSPS) is 31.2. The van der Waals surface area contributed by atoms with Gasteiger partial charge in [-0.25, -0.2) is 0 Å². The van der Waals surface area contributed by atoms with Gasteiger partial charge in [-0.05, 0) is 87.1 Å². The zero-order valence-corrected chi connectivity index (χ0v) is 19.9. The van der Waals surface area contributed by atoms with Crippen LogP contribution in [0.3, 0.4) is 0 Å². The molecule has 0 radical (unpaired) electrons. The predicted octanol–water partition coefficient (Wildman–Crippen LogP) is 3.24. The fraction of sp³-hybridized carbons (Fsp3) is 0.630. The summed E-state index contributed by atoms with van der Waals surface area (Å²) in [6.45, 7) is 8.44. The van der Waals surface area contributed by atoms with Gasteiger partial charge in [-0.2, -0.15) is 0 Å². The van der Waals surface area contributed by atoms with Gasteiger partial charge in [0.1, 0.15) is 17.9 Å². The number of carbonyl (C=O) groups is 2. The molecule has 4 fully saturated rings. The van der Waals surface area contributed by atoms with Gasteiger partial charge in [0.05, 0.1) is 0 Å². The van der Waals surface area contributed by atoms with E-state index >= 15 is 0 Å². The highest BCUT2D eigenvalue weighted by molar-refractivity contribution is 6.01. The van der Waals surface area contributed by atoms with Crippen LogP contribution in [0, 0.1) is 5.41 Å². The van der Waals surface area contributed by atoms with Crippen LogP contribution < -0.4 is 10.1 Å². The van der Waals surface area contributed by atoms with Crippen LogP contribution in [-0.4, -0.2) is 66.1 Å². The van der Waals surface area contributed by atoms with E-state index in [1.165, 1.54) is 38.6 Å². The maximum atomic E-state index is 13.0. The first-order valence-electron chi connectivity index (χ1n) is 12.9. The van der Waals surface area contributed by atoms with Crippen molar-refractivity contribution in [2.75, 3.05) is 26.3 Å². The summed E-state index contributed by atoms with van der Waals surface area (Å²) in [5, 5.41) is 2.80. The number of benzene rings is 1. The zero-order valence-electron chi connectivity index (χ0n) is 19.9. The number of rotatable bonds is 4. The number of fused-ring (bicyclic) bond motifs is 1. The Balaban J connectivity index is 1.13. The lowest BCUT2D eigenvalue weighted by Gasteiger charge is -2.35. The van der Waals surface area contributed by atoms with Gasteiger partial charge in [0.2, 0.25) is 5.91 Å². The van der Waals surface area contributed by atoms with Gasteiger partial charge >= 0.3 is 0 Å². The van der Waals surface area contributed by atoms with E-state index in [4.69, 9.17) is 9.47 Å². The van der Waals surface area contributed by atoms with E-state index in [1.807, 2.05) is 18.2 Å². The lowest BCUT2D eigenvalue weighted by molar-refractivity contribution is -0.126. The number of ether oxygens (including phenoxy) is 2. The third kappa shape index (κ3) is 3.93. The van der Waals surface area contributed by atoms with Crippen LogP contribution in [0.25, 0.3) is 0 Å². The second kappa shape index (κ2) is 8.68. The van der Waals surface area contributed by atoms with Crippen molar-refractivity contribution in [3.8, 4) is 5.75 Å². The number of piperidine rings is 1. The van der Waals surface area contributed by atoms with Crippen molar-refractivity contribution >= 4 is 11.8 Å². The SMILES string of the molecule is C=C1CCC(N2Cc3cc(O[C@H]4CCC[C@@H]4N4CCC5(CCOCC5)C4)ccc3C2=O)C(=O)N1. The van der Waals surface area contributed by atoms with Crippen LogP contribution in [0.15, 0.2) is 30.5 Å². The van der Waals surface area contributed by atoms with Gasteiger partial charge < -0.3 is 19.7 Å². The van der Waals surface area contributed by atoms with Crippen molar-refractivity contribution in [2.45, 2.75) is 76.1 Å². The molecule has 1 aliphatic carbocycles. The third-order valence-corrected chi connectivity index (χ3v) is 8.80. The van der Waals surface area contributed by atoms with Crippen molar-refractivity contribution in [1.29, 1.82) is 0 Å². The molecule has 3 saturated heterocycles. The topological polar surface area (TPSA) is 71.1 Å². The Labute approximate surface area is 201 Å². The zero-order chi connectivity index (χ0) is 23.3. The van der Waals surface area contributed by atoms with Crippen molar-refractivity contribution in [1.82, 2.24) is 15.1 Å². The van der Waals surface area contributed by atoms with Gasteiger partial charge in [-0.1, -0.05) is 6.58 Å². The average molecular weight is 466 g/mol. The number of allylic oxidation sites excluding steroid dienone is 1. The minimum absolute atomic E-state index is 0.0632. The summed E-state index contributed by atoms with van der Waals surface area (Å²) in [7, 11) is 0. The van der Waals surface area contributed by atoms with Crippen molar-refractivity contribution < 1.29 is 19.1 Å². The van der Waals surface area contributed by atoms with Crippen LogP contribution in [0.4, 0.5) is 0 Å². The fourth-order valence-corrected chi connectivity index (χ4v) is 6.81. The van der Waals surface area contributed by atoms with E-state index in [9.17, 15) is 9.59 Å². The number of nitrogens with zero attached hydrogens (tertiary/aromatic N) is 2. The van der Waals surface area contributed by atoms with Crippen LogP contribution in [0.1, 0.15) is 67.3 Å². The highest BCUT2D eigenvalue weighted by atomic mass is 16.5. The molecule has 0 aromatic heterocycles. The highest BCUT2D eigenvalue weighted by Gasteiger charge is 2.45. The van der Waals surface area contributed by atoms with E-state index in [0.29, 0.717) is 36.4 Å². The quantitative estimate of drug-likeness (QED) is 0.739. The van der Waals surface area contributed by atoms with E-state index < -0.39 is 6.04 Å². The average Bonchev–Trinajstić information content (AvgIpc) is 3.53. The Bertz CT molecular complexity index is 1000. The lowest BCUT2D eigenvalue weighted by atomic mass is 9.79. The molecule has 1 N–H and O–H groups in total. The molecule has 1 spiro atoms. The molecule has 1 aromatic carbocycles. The summed E-state index contributed by atoms with van der Waals surface area (Å²) in [5.74, 6) is 0.647. The van der Waals surface area contributed by atoms with E-state index in [-0.39, 0.29) is 17.9 Å². The number of amides is 2. The first kappa shape index (κ1) is 22.1. The van der Waals surface area contributed by atoms with Gasteiger partial charge in [0.25, 0.3) is 5.91 Å². The molecule has 6 rings (SSSR count). The molecular formula is C27H35N3O4. The van der Waals surface area contributed by atoms with Gasteiger partial charge in [-0.15, -0.1) is 0 Å². The van der Waals surface area contributed by atoms with Crippen LogP contribution in [0.5, 0.6) is 5.75 Å². The van der Waals surface area contributed by atoms with E-state index in [0.717, 1.165) is 43.2 Å². The molecule has 0 bridgehead atoms. The second-order valence-corrected chi connectivity index (χ2v) is 10.9. The van der Waals surface area contributed by atoms with Crippen LogP contribution in [0.2, 0.25) is 0 Å². The summed E-state index contributed by atoms with van der Waals surface area (Å²) in [6, 6.07) is 5.87. The van der Waals surface area contributed by atoms with E-state index in [2.05, 4.69) is 16.8 Å². The minimum atomic E-state index is -0.429. The number of likely N-dealkylation sites (tertiary alicyclic amines) is 1. The monoisotopic (exact) mass is 465 g/mol. The molecule has 1 aromatic rings. The molecule has 7 heteroatoms. The van der Waals surface area contributed by atoms with Crippen LogP contribution in [-0.2, 0) is 16.1 Å². The van der Waals surface area contributed by atoms with Crippen LogP contribution >= 0.6 is 0 Å². The summed E-state index contributed by atoms with van der Waals surface area (Å²) in [5.41, 5.74) is 2.82. The minimum Gasteiger partial charge on any atom is -0.489 e. The number of hydrogen-bond donors (Lipinski definition) is 1. The Morgan fingerprint density at radius 3 is 2.79 bits per heavy atom. The Hall–Kier alpha value is -2.38. The van der Waals surface area contributed by atoms with Gasteiger partial charge in [-0.3, -0.25) is 14.5 Å². The van der Waals surface area contributed by atoms with Crippen molar-refractivity contribution in [2.24, 2.45) is 5.41 Å². The molecule has 4 aliphatic heterocycles. The largest absolute Gasteiger partial charge is 0.489 e. The smallest absolute Gasteiger partial charge is 0.255 e. The summed E-state index contributed by atoms with van der Waals surface area (Å²) >= 11 is 0. The Morgan fingerprint density at radius 2 is 1.97 bits per heavy atom. The van der Waals surface area contributed by atoms with E-state index in [1.54, 1.807) is 4.90 Å². The number of hydrogen-bond acceptors (Lipinski definition) is 5. The molecule has 1 saturated carbocycles. The molecule has 2 amide bonds. The molecular weight excluding hydrogens is 430 g/mol. The lowest BCUT2D eigenvalue weighted by Crippen LogP contribution is -2.49. The Morgan fingerprint density at radius 1 is 1.12 bits per heavy atom. The molecule has 34 heavy (non-hydrogen) atoms. The molecule has 182 valence electrons. The summed E-state index contributed by atoms with van der Waals surface area (Å²) < 4.78 is 12.2. The fourth-order valence-electron chi connectivity index (χ4n) is 6.81. The van der Waals surface area contributed by atoms with Gasteiger partial charge in [0.15, 0.2) is 0 Å². The second-order valence-electron chi connectivity index (χ2n) is 10.9. The van der Waals surface area contributed by atoms with Crippen molar-refractivity contribution in [3.63, 3.8) is 0 Å². The number of nitrogens with one attached hydrogen (secondary N) is 1.